The normalized spacial score (nSPS) is 10.6. The number of anilines is 1. The molecule has 124 valence electrons. The third-order valence-corrected chi connectivity index (χ3v) is 4.20. The van der Waals surface area contributed by atoms with Gasteiger partial charge in [0.1, 0.15) is 12.4 Å². The van der Waals surface area contributed by atoms with Crippen molar-refractivity contribution in [1.29, 1.82) is 5.26 Å². The van der Waals surface area contributed by atoms with Crippen molar-refractivity contribution in [3.05, 3.63) is 76.3 Å². The van der Waals surface area contributed by atoms with Gasteiger partial charge in [-0.25, -0.2) is 4.98 Å². The van der Waals surface area contributed by atoms with Gasteiger partial charge in [-0.1, -0.05) is 24.3 Å². The van der Waals surface area contributed by atoms with Crippen molar-refractivity contribution in [1.82, 2.24) is 4.98 Å². The van der Waals surface area contributed by atoms with E-state index in [1.54, 1.807) is 18.3 Å². The van der Waals surface area contributed by atoms with Crippen LogP contribution in [0.25, 0.3) is 0 Å². The number of rotatable bonds is 6. The first-order valence-electron chi connectivity index (χ1n) is 7.66. The van der Waals surface area contributed by atoms with E-state index in [0.29, 0.717) is 12.2 Å². The second-order valence-corrected chi connectivity index (χ2v) is 6.19. The van der Waals surface area contributed by atoms with Crippen LogP contribution in [0.1, 0.15) is 22.4 Å². The Hall–Kier alpha value is -3.17. The Morgan fingerprint density at radius 2 is 2.12 bits per heavy atom. The predicted molar refractivity (Wildman–Crippen MR) is 100.0 cm³/mol. The van der Waals surface area contributed by atoms with Gasteiger partial charge in [-0.15, -0.1) is 11.3 Å². The molecule has 0 aliphatic carbocycles. The van der Waals surface area contributed by atoms with Gasteiger partial charge in [0.25, 0.3) is 0 Å². The highest BCUT2D eigenvalue weighted by molar-refractivity contribution is 7.13. The van der Waals surface area contributed by atoms with Crippen molar-refractivity contribution >= 4 is 22.7 Å². The molecule has 3 aromatic rings. The quantitative estimate of drug-likeness (QED) is 0.531. The van der Waals surface area contributed by atoms with E-state index >= 15 is 0 Å². The molecule has 0 bridgehead atoms. The first-order valence-corrected chi connectivity index (χ1v) is 8.54. The summed E-state index contributed by atoms with van der Waals surface area (Å²) < 4.78 is 5.80. The number of benzene rings is 2. The maximum Gasteiger partial charge on any atom is 0.203 e. The molecule has 0 aliphatic heterocycles. The maximum absolute atomic E-state index is 8.81. The molecule has 6 heteroatoms. The van der Waals surface area contributed by atoms with E-state index in [0.717, 1.165) is 27.7 Å². The van der Waals surface area contributed by atoms with Gasteiger partial charge in [-0.05, 0) is 42.3 Å². The molecule has 0 atom stereocenters. The molecule has 1 aromatic heterocycles. The molecule has 0 saturated heterocycles. The van der Waals surface area contributed by atoms with Crippen molar-refractivity contribution < 1.29 is 4.74 Å². The minimum Gasteiger partial charge on any atom is -0.489 e. The highest BCUT2D eigenvalue weighted by atomic mass is 32.1. The zero-order chi connectivity index (χ0) is 17.5. The molecule has 0 saturated carbocycles. The number of nitrogens with one attached hydrogen (secondary N) is 1. The molecule has 5 nitrogen and oxygen atoms in total. The van der Waals surface area contributed by atoms with Gasteiger partial charge < -0.3 is 4.74 Å². The number of hydrogen-bond donors (Lipinski definition) is 1. The minimum atomic E-state index is 0.447. The summed E-state index contributed by atoms with van der Waals surface area (Å²) in [4.78, 5) is 4.28. The average molecular weight is 348 g/mol. The predicted octanol–water partition coefficient (Wildman–Crippen LogP) is 4.35. The van der Waals surface area contributed by atoms with Gasteiger partial charge in [-0.3, -0.25) is 5.43 Å². The van der Waals surface area contributed by atoms with Gasteiger partial charge in [0.15, 0.2) is 0 Å². The number of ether oxygens (including phenoxy) is 1. The van der Waals surface area contributed by atoms with Crippen LogP contribution in [0.4, 0.5) is 5.13 Å². The Labute approximate surface area is 150 Å². The molecule has 0 spiro atoms. The van der Waals surface area contributed by atoms with E-state index in [9.17, 15) is 0 Å². The van der Waals surface area contributed by atoms with Gasteiger partial charge in [0.2, 0.25) is 5.13 Å². The summed E-state index contributed by atoms with van der Waals surface area (Å²) in [5.41, 5.74) is 6.47. The highest BCUT2D eigenvalue weighted by Crippen LogP contribution is 2.16. The van der Waals surface area contributed by atoms with Crippen LogP contribution < -0.4 is 10.2 Å². The van der Waals surface area contributed by atoms with E-state index in [2.05, 4.69) is 21.6 Å². The summed E-state index contributed by atoms with van der Waals surface area (Å²) in [5.74, 6) is 0.762. The molecular formula is C19H16N4OS. The average Bonchev–Trinajstić information content (AvgIpc) is 3.06. The number of nitriles is 1. The van der Waals surface area contributed by atoms with E-state index in [1.807, 2.05) is 48.7 Å². The van der Waals surface area contributed by atoms with E-state index in [-0.39, 0.29) is 0 Å². The molecule has 0 radical (unpaired) electrons. The molecular weight excluding hydrogens is 332 g/mol. The third-order valence-electron chi connectivity index (χ3n) is 3.34. The summed E-state index contributed by atoms with van der Waals surface area (Å²) in [6.07, 6.45) is 1.73. The molecule has 0 aliphatic rings. The lowest BCUT2D eigenvalue weighted by molar-refractivity contribution is 0.306. The van der Waals surface area contributed by atoms with Crippen LogP contribution in [0, 0.1) is 18.3 Å². The number of nitrogens with zero attached hydrogens (tertiary/aromatic N) is 3. The second kappa shape index (κ2) is 8.08. The molecule has 25 heavy (non-hydrogen) atoms. The SMILES string of the molecule is Cc1csc(NN=Cc2cccc(OCc3ccc(C#N)cc3)c2)n1. The lowest BCUT2D eigenvalue weighted by Crippen LogP contribution is -1.96. The Morgan fingerprint density at radius 3 is 2.84 bits per heavy atom. The Balaban J connectivity index is 1.58. The summed E-state index contributed by atoms with van der Waals surface area (Å²) in [6, 6.07) is 17.2. The Kier molecular flexibility index (Phi) is 5.39. The molecule has 2 aromatic carbocycles. The Morgan fingerprint density at radius 1 is 1.28 bits per heavy atom. The third kappa shape index (κ3) is 4.90. The fourth-order valence-electron chi connectivity index (χ4n) is 2.09. The Bertz CT molecular complexity index is 910. The molecule has 1 N–H and O–H groups in total. The summed E-state index contributed by atoms with van der Waals surface area (Å²) >= 11 is 1.52. The molecule has 0 unspecified atom stereocenters. The van der Waals surface area contributed by atoms with Gasteiger partial charge >= 0.3 is 0 Å². The van der Waals surface area contributed by atoms with Crippen molar-refractivity contribution in [3.63, 3.8) is 0 Å². The van der Waals surface area contributed by atoms with Crippen molar-refractivity contribution in [2.24, 2.45) is 5.10 Å². The van der Waals surface area contributed by atoms with Crippen molar-refractivity contribution in [3.8, 4) is 11.8 Å². The van der Waals surface area contributed by atoms with Crippen molar-refractivity contribution in [2.75, 3.05) is 5.43 Å². The van der Waals surface area contributed by atoms with Crippen LogP contribution in [-0.4, -0.2) is 11.2 Å². The second-order valence-electron chi connectivity index (χ2n) is 5.33. The lowest BCUT2D eigenvalue weighted by Gasteiger charge is -2.07. The summed E-state index contributed by atoms with van der Waals surface area (Å²) in [6.45, 7) is 2.39. The first kappa shape index (κ1) is 16.7. The van der Waals surface area contributed by atoms with Crippen LogP contribution in [0.5, 0.6) is 5.75 Å². The fourth-order valence-corrected chi connectivity index (χ4v) is 2.73. The van der Waals surface area contributed by atoms with Crippen molar-refractivity contribution in [2.45, 2.75) is 13.5 Å². The van der Waals surface area contributed by atoms with Crippen LogP contribution in [0.15, 0.2) is 59.0 Å². The van der Waals surface area contributed by atoms with Crippen LogP contribution in [0.3, 0.4) is 0 Å². The number of hydrogen-bond acceptors (Lipinski definition) is 6. The van der Waals surface area contributed by atoms with Crippen LogP contribution in [0.2, 0.25) is 0 Å². The summed E-state index contributed by atoms with van der Waals surface area (Å²) in [7, 11) is 0. The molecule has 0 fully saturated rings. The smallest absolute Gasteiger partial charge is 0.203 e. The van der Waals surface area contributed by atoms with Crippen LogP contribution in [-0.2, 0) is 6.61 Å². The number of aryl methyl sites for hydroxylation is 1. The maximum atomic E-state index is 8.81. The number of thiazole rings is 1. The monoisotopic (exact) mass is 348 g/mol. The van der Waals surface area contributed by atoms with Gasteiger partial charge in [0, 0.05) is 5.38 Å². The molecule has 1 heterocycles. The number of hydrazone groups is 1. The summed E-state index contributed by atoms with van der Waals surface area (Å²) in [5, 5.41) is 15.7. The van der Waals surface area contributed by atoms with E-state index in [1.165, 1.54) is 11.3 Å². The zero-order valence-electron chi connectivity index (χ0n) is 13.6. The topological polar surface area (TPSA) is 70.3 Å². The zero-order valence-corrected chi connectivity index (χ0v) is 14.5. The highest BCUT2D eigenvalue weighted by Gasteiger charge is 1.99. The van der Waals surface area contributed by atoms with Gasteiger partial charge in [0.05, 0.1) is 23.5 Å². The molecule has 3 rings (SSSR count). The van der Waals surface area contributed by atoms with E-state index in [4.69, 9.17) is 10.00 Å². The minimum absolute atomic E-state index is 0.447. The first-order chi connectivity index (χ1) is 12.2. The standard InChI is InChI=1S/C19H16N4OS/c1-14-13-25-19(22-14)23-21-11-17-3-2-4-18(9-17)24-12-16-7-5-15(10-20)6-8-16/h2-9,11,13H,12H2,1H3,(H,22,23). The number of aromatic nitrogens is 1. The fraction of sp³-hybridized carbons (Fsp3) is 0.105. The van der Waals surface area contributed by atoms with E-state index < -0.39 is 0 Å². The molecule has 0 amide bonds. The largest absolute Gasteiger partial charge is 0.489 e. The lowest BCUT2D eigenvalue weighted by atomic mass is 10.1. The van der Waals surface area contributed by atoms with Crippen LogP contribution >= 0.6 is 11.3 Å². The van der Waals surface area contributed by atoms with Gasteiger partial charge in [-0.2, -0.15) is 10.4 Å².